The largest absolute Gasteiger partial charge is 0.479 e. The Hall–Kier alpha value is -3.31. The Labute approximate surface area is 196 Å². The van der Waals surface area contributed by atoms with Crippen LogP contribution < -0.4 is 5.32 Å². The second-order valence-electron chi connectivity index (χ2n) is 8.42. The number of aromatic nitrogens is 2. The van der Waals surface area contributed by atoms with Gasteiger partial charge in [-0.3, -0.25) is 9.69 Å². The van der Waals surface area contributed by atoms with E-state index in [0.717, 1.165) is 5.57 Å². The number of anilines is 1. The van der Waals surface area contributed by atoms with Gasteiger partial charge in [0.05, 0.1) is 6.54 Å². The van der Waals surface area contributed by atoms with Crippen LogP contribution in [0.25, 0.3) is 17.0 Å². The summed E-state index contributed by atoms with van der Waals surface area (Å²) in [5.74, 6) is -1.26. The van der Waals surface area contributed by atoms with Crippen LogP contribution in [0, 0.1) is 5.82 Å². The number of amides is 1. The molecule has 1 unspecified atom stereocenters. The van der Waals surface area contributed by atoms with Crippen molar-refractivity contribution in [1.82, 2.24) is 20.0 Å². The molecule has 2 aliphatic heterocycles. The van der Waals surface area contributed by atoms with E-state index in [-0.39, 0.29) is 30.9 Å². The SMILES string of the molecule is CCNc1nnc(-c2ccc(C3=CCN(C(=O)CN4CCC(OC)(C(=O)O)C4)CC3)c(F)c2)o1. The van der Waals surface area contributed by atoms with Gasteiger partial charge in [0.1, 0.15) is 5.82 Å². The van der Waals surface area contributed by atoms with Gasteiger partial charge in [0.2, 0.25) is 11.8 Å². The van der Waals surface area contributed by atoms with Crippen molar-refractivity contribution in [2.45, 2.75) is 25.4 Å². The molecule has 0 aliphatic carbocycles. The maximum absolute atomic E-state index is 14.9. The second-order valence-corrected chi connectivity index (χ2v) is 8.42. The number of nitrogens with one attached hydrogen (secondary N) is 1. The van der Waals surface area contributed by atoms with Gasteiger partial charge >= 0.3 is 12.0 Å². The lowest BCUT2D eigenvalue weighted by atomic mass is 9.97. The number of methoxy groups -OCH3 is 1. The maximum atomic E-state index is 14.9. The highest BCUT2D eigenvalue weighted by Gasteiger charge is 2.45. The topological polar surface area (TPSA) is 121 Å². The highest BCUT2D eigenvalue weighted by molar-refractivity contribution is 5.81. The molecule has 1 fully saturated rings. The fraction of sp³-hybridized carbons (Fsp3) is 0.478. The lowest BCUT2D eigenvalue weighted by Crippen LogP contribution is -2.46. The fourth-order valence-electron chi connectivity index (χ4n) is 4.32. The molecule has 1 atom stereocenters. The number of nitrogens with zero attached hydrogens (tertiary/aromatic N) is 4. The monoisotopic (exact) mass is 473 g/mol. The van der Waals surface area contributed by atoms with E-state index in [9.17, 15) is 19.1 Å². The molecule has 1 aromatic carbocycles. The van der Waals surface area contributed by atoms with E-state index in [1.807, 2.05) is 13.0 Å². The average Bonchev–Trinajstić information content (AvgIpc) is 3.47. The van der Waals surface area contributed by atoms with Gasteiger partial charge in [-0.1, -0.05) is 17.2 Å². The second kappa shape index (κ2) is 9.90. The Bertz CT molecular complexity index is 1100. The molecule has 3 heterocycles. The molecular formula is C23H28FN5O5. The molecule has 0 saturated carbocycles. The Morgan fingerprint density at radius 2 is 2.15 bits per heavy atom. The molecule has 2 N–H and O–H groups in total. The van der Waals surface area contributed by atoms with Gasteiger partial charge in [0.25, 0.3) is 0 Å². The minimum Gasteiger partial charge on any atom is -0.479 e. The lowest BCUT2D eigenvalue weighted by Gasteiger charge is -2.29. The van der Waals surface area contributed by atoms with Crippen molar-refractivity contribution in [2.24, 2.45) is 0 Å². The number of carbonyl (C=O) groups excluding carboxylic acids is 1. The molecule has 1 amide bonds. The van der Waals surface area contributed by atoms with E-state index < -0.39 is 17.4 Å². The van der Waals surface area contributed by atoms with E-state index in [0.29, 0.717) is 50.1 Å². The van der Waals surface area contributed by atoms with Crippen LogP contribution in [0.1, 0.15) is 25.3 Å². The number of carboxylic acid groups (broad SMARTS) is 1. The molecule has 11 heteroatoms. The molecule has 2 aliphatic rings. The number of carbonyl (C=O) groups is 2. The zero-order chi connectivity index (χ0) is 24.3. The van der Waals surface area contributed by atoms with Gasteiger partial charge < -0.3 is 24.5 Å². The van der Waals surface area contributed by atoms with Gasteiger partial charge in [-0.15, -0.1) is 5.10 Å². The molecule has 2 aromatic rings. The van der Waals surface area contributed by atoms with Crippen LogP contribution in [0.3, 0.4) is 0 Å². The Morgan fingerprint density at radius 1 is 1.32 bits per heavy atom. The molecule has 182 valence electrons. The average molecular weight is 474 g/mol. The van der Waals surface area contributed by atoms with Crippen LogP contribution >= 0.6 is 0 Å². The van der Waals surface area contributed by atoms with Crippen LogP contribution in [-0.2, 0) is 14.3 Å². The van der Waals surface area contributed by atoms with Crippen LogP contribution in [-0.4, -0.2) is 89.0 Å². The summed E-state index contributed by atoms with van der Waals surface area (Å²) in [5.41, 5.74) is 0.546. The van der Waals surface area contributed by atoms with Crippen LogP contribution in [0.4, 0.5) is 10.4 Å². The van der Waals surface area contributed by atoms with Crippen molar-refractivity contribution in [3.8, 4) is 11.5 Å². The minimum atomic E-state index is -1.26. The highest BCUT2D eigenvalue weighted by Crippen LogP contribution is 2.29. The van der Waals surface area contributed by atoms with Crippen LogP contribution in [0.5, 0.6) is 0 Å². The number of likely N-dealkylation sites (tertiary alicyclic amines) is 1. The summed E-state index contributed by atoms with van der Waals surface area (Å²) in [6.07, 6.45) is 2.71. The molecule has 1 aromatic heterocycles. The van der Waals surface area contributed by atoms with Crippen molar-refractivity contribution in [3.63, 3.8) is 0 Å². The third-order valence-corrected chi connectivity index (χ3v) is 6.33. The summed E-state index contributed by atoms with van der Waals surface area (Å²) >= 11 is 0. The summed E-state index contributed by atoms with van der Waals surface area (Å²) in [6, 6.07) is 5.07. The number of rotatable bonds is 8. The van der Waals surface area contributed by atoms with Gasteiger partial charge in [-0.2, -0.15) is 0 Å². The number of hydrogen-bond donors (Lipinski definition) is 2. The van der Waals surface area contributed by atoms with Crippen molar-refractivity contribution in [2.75, 3.05) is 51.7 Å². The zero-order valence-corrected chi connectivity index (χ0v) is 19.2. The number of ether oxygens (including phenoxy) is 1. The van der Waals surface area contributed by atoms with Gasteiger partial charge in [-0.25, -0.2) is 9.18 Å². The molecule has 4 rings (SSSR count). The van der Waals surface area contributed by atoms with E-state index in [1.54, 1.807) is 21.9 Å². The minimum absolute atomic E-state index is 0.0868. The molecule has 0 bridgehead atoms. The van der Waals surface area contributed by atoms with Crippen LogP contribution in [0.2, 0.25) is 0 Å². The summed E-state index contributed by atoms with van der Waals surface area (Å²) in [6.45, 7) is 4.15. The third-order valence-electron chi connectivity index (χ3n) is 6.33. The fourth-order valence-corrected chi connectivity index (χ4v) is 4.32. The Balaban J connectivity index is 1.37. The normalized spacial score (nSPS) is 20.9. The molecule has 0 radical (unpaired) electrons. The number of aliphatic carboxylic acids is 1. The van der Waals surface area contributed by atoms with Crippen molar-refractivity contribution in [3.05, 3.63) is 35.7 Å². The molecule has 1 saturated heterocycles. The number of carboxylic acids is 1. The number of hydrogen-bond acceptors (Lipinski definition) is 8. The lowest BCUT2D eigenvalue weighted by molar-refractivity contribution is -0.160. The third kappa shape index (κ3) is 4.80. The van der Waals surface area contributed by atoms with E-state index >= 15 is 0 Å². The highest BCUT2D eigenvalue weighted by atomic mass is 19.1. The maximum Gasteiger partial charge on any atom is 0.337 e. The van der Waals surface area contributed by atoms with Crippen molar-refractivity contribution >= 4 is 23.5 Å². The van der Waals surface area contributed by atoms with E-state index in [2.05, 4.69) is 15.5 Å². The van der Waals surface area contributed by atoms with E-state index in [1.165, 1.54) is 13.2 Å². The Kier molecular flexibility index (Phi) is 6.94. The first-order valence-corrected chi connectivity index (χ1v) is 11.2. The number of benzene rings is 1. The Morgan fingerprint density at radius 3 is 2.76 bits per heavy atom. The summed E-state index contributed by atoms with van der Waals surface area (Å²) in [4.78, 5) is 27.8. The van der Waals surface area contributed by atoms with Gasteiger partial charge in [0, 0.05) is 57.4 Å². The first-order valence-electron chi connectivity index (χ1n) is 11.2. The van der Waals surface area contributed by atoms with Gasteiger partial charge in [-0.05, 0) is 31.1 Å². The predicted molar refractivity (Wildman–Crippen MR) is 121 cm³/mol. The first kappa shape index (κ1) is 23.8. The van der Waals surface area contributed by atoms with E-state index in [4.69, 9.17) is 9.15 Å². The van der Waals surface area contributed by atoms with Crippen molar-refractivity contribution < 1.29 is 28.2 Å². The van der Waals surface area contributed by atoms with Gasteiger partial charge in [0.15, 0.2) is 5.60 Å². The molecule has 34 heavy (non-hydrogen) atoms. The first-order chi connectivity index (χ1) is 16.3. The standard InChI is InChI=1S/C23H28FN5O5/c1-3-25-22-27-26-20(34-22)16-4-5-17(18(24)12-16)15-6-9-29(10-7-15)19(30)13-28-11-8-23(14-28,33-2)21(31)32/h4-6,12H,3,7-11,13-14H2,1-2H3,(H,25,27)(H,31,32). The zero-order valence-electron chi connectivity index (χ0n) is 19.2. The predicted octanol–water partition coefficient (Wildman–Crippen LogP) is 2.10. The number of halogens is 1. The smallest absolute Gasteiger partial charge is 0.337 e. The summed E-state index contributed by atoms with van der Waals surface area (Å²) in [7, 11) is 1.38. The molecule has 0 spiro atoms. The summed E-state index contributed by atoms with van der Waals surface area (Å²) < 4.78 is 25.6. The summed E-state index contributed by atoms with van der Waals surface area (Å²) in [5, 5.41) is 20.1. The van der Waals surface area contributed by atoms with Crippen LogP contribution in [0.15, 0.2) is 28.7 Å². The van der Waals surface area contributed by atoms with Crippen molar-refractivity contribution in [1.29, 1.82) is 0 Å². The quantitative estimate of drug-likeness (QED) is 0.594. The molecule has 10 nitrogen and oxygen atoms in total. The molecular weight excluding hydrogens is 445 g/mol.